The highest BCUT2D eigenvalue weighted by molar-refractivity contribution is 6.33. The van der Waals surface area contributed by atoms with E-state index in [9.17, 15) is 9.90 Å². The van der Waals surface area contributed by atoms with Crippen LogP contribution in [0.5, 0.6) is 5.75 Å². The molecule has 2 aromatic carbocycles. The zero-order valence-corrected chi connectivity index (χ0v) is 12.7. The number of phenols is 1. The minimum Gasteiger partial charge on any atom is -0.508 e. The second-order valence-electron chi connectivity index (χ2n) is 4.28. The smallest absolute Gasteiger partial charge is 0.337 e. The fourth-order valence-corrected chi connectivity index (χ4v) is 2.23. The van der Waals surface area contributed by atoms with Gasteiger partial charge in [0.1, 0.15) is 5.75 Å². The molecule has 0 heterocycles. The lowest BCUT2D eigenvalue weighted by Crippen LogP contribution is -2.05. The maximum Gasteiger partial charge on any atom is 0.337 e. The molecule has 0 bridgehead atoms. The number of rotatable bonds is 4. The summed E-state index contributed by atoms with van der Waals surface area (Å²) in [7, 11) is 1.31. The molecule has 2 aromatic rings. The van der Waals surface area contributed by atoms with Crippen molar-refractivity contribution in [2.24, 2.45) is 0 Å². The van der Waals surface area contributed by atoms with Gasteiger partial charge in [-0.05, 0) is 30.3 Å². The molecule has 6 heteroatoms. The Morgan fingerprint density at radius 2 is 2.00 bits per heavy atom. The first-order valence-corrected chi connectivity index (χ1v) is 6.86. The molecule has 2 N–H and O–H groups in total. The molecule has 0 aliphatic heterocycles. The maximum absolute atomic E-state index is 11.5. The summed E-state index contributed by atoms with van der Waals surface area (Å²) in [5.74, 6) is -0.356. The van der Waals surface area contributed by atoms with Crippen LogP contribution in [0.3, 0.4) is 0 Å². The molecule has 110 valence electrons. The van der Waals surface area contributed by atoms with Crippen LogP contribution in [0.25, 0.3) is 0 Å². The van der Waals surface area contributed by atoms with Crippen LogP contribution in [0.15, 0.2) is 36.4 Å². The lowest BCUT2D eigenvalue weighted by atomic mass is 10.1. The first kappa shape index (κ1) is 15.5. The number of esters is 1. The normalized spacial score (nSPS) is 10.2. The summed E-state index contributed by atoms with van der Waals surface area (Å²) >= 11 is 12.1. The minimum absolute atomic E-state index is 0.0928. The maximum atomic E-state index is 11.5. The number of halogens is 2. The molecule has 0 aliphatic rings. The van der Waals surface area contributed by atoms with Crippen molar-refractivity contribution in [2.45, 2.75) is 6.54 Å². The van der Waals surface area contributed by atoms with Crippen LogP contribution in [0, 0.1) is 0 Å². The van der Waals surface area contributed by atoms with E-state index >= 15 is 0 Å². The summed E-state index contributed by atoms with van der Waals surface area (Å²) in [6.45, 7) is 0.274. The molecule has 0 aromatic heterocycles. The van der Waals surface area contributed by atoms with E-state index in [4.69, 9.17) is 23.2 Å². The standard InChI is InChI=1S/C15H13Cl2NO3/c1-21-15(20)9-5-6-12(17)13(7-9)18-8-10-11(16)3-2-4-14(10)19/h2-7,18-19H,8H2,1H3. The number of carbonyl (C=O) groups excluding carboxylic acids is 1. The summed E-state index contributed by atoms with van der Waals surface area (Å²) in [4.78, 5) is 11.5. The van der Waals surface area contributed by atoms with Gasteiger partial charge in [-0.25, -0.2) is 4.79 Å². The van der Waals surface area contributed by atoms with Crippen molar-refractivity contribution in [1.82, 2.24) is 0 Å². The first-order chi connectivity index (χ1) is 10.0. The third kappa shape index (κ3) is 3.60. The molecular formula is C15H13Cl2NO3. The van der Waals surface area contributed by atoms with Gasteiger partial charge >= 0.3 is 5.97 Å². The van der Waals surface area contributed by atoms with E-state index in [0.717, 1.165) is 0 Å². The molecule has 0 aliphatic carbocycles. The number of hydrogen-bond acceptors (Lipinski definition) is 4. The Bertz CT molecular complexity index is 654. The quantitative estimate of drug-likeness (QED) is 0.831. The van der Waals surface area contributed by atoms with Crippen LogP contribution in [-0.2, 0) is 11.3 Å². The van der Waals surface area contributed by atoms with Crippen molar-refractivity contribution < 1.29 is 14.6 Å². The van der Waals surface area contributed by atoms with Gasteiger partial charge in [0.05, 0.1) is 23.4 Å². The second kappa shape index (κ2) is 6.70. The molecule has 0 saturated heterocycles. The van der Waals surface area contributed by atoms with Crippen molar-refractivity contribution in [1.29, 1.82) is 0 Å². The summed E-state index contributed by atoms with van der Waals surface area (Å²) in [6.07, 6.45) is 0. The minimum atomic E-state index is -0.449. The van der Waals surface area contributed by atoms with Crippen LogP contribution in [0.4, 0.5) is 5.69 Å². The summed E-state index contributed by atoms with van der Waals surface area (Å²) in [5.41, 5.74) is 1.49. The van der Waals surface area contributed by atoms with Gasteiger partial charge < -0.3 is 15.2 Å². The topological polar surface area (TPSA) is 58.6 Å². The van der Waals surface area contributed by atoms with Crippen molar-refractivity contribution in [3.63, 3.8) is 0 Å². The van der Waals surface area contributed by atoms with E-state index in [1.54, 1.807) is 36.4 Å². The molecule has 0 spiro atoms. The number of hydrogen-bond donors (Lipinski definition) is 2. The highest BCUT2D eigenvalue weighted by atomic mass is 35.5. The van der Waals surface area contributed by atoms with Crippen LogP contribution in [-0.4, -0.2) is 18.2 Å². The lowest BCUT2D eigenvalue weighted by Gasteiger charge is -2.12. The fraction of sp³-hybridized carbons (Fsp3) is 0.133. The van der Waals surface area contributed by atoms with Crippen LogP contribution >= 0.6 is 23.2 Å². The van der Waals surface area contributed by atoms with Gasteiger partial charge in [-0.2, -0.15) is 0 Å². The van der Waals surface area contributed by atoms with Crippen LogP contribution in [0.2, 0.25) is 10.0 Å². The summed E-state index contributed by atoms with van der Waals surface area (Å²) in [6, 6.07) is 9.66. The monoisotopic (exact) mass is 325 g/mol. The fourth-order valence-electron chi connectivity index (χ4n) is 1.81. The van der Waals surface area contributed by atoms with Crippen molar-refractivity contribution in [2.75, 3.05) is 12.4 Å². The number of methoxy groups -OCH3 is 1. The number of anilines is 1. The van der Waals surface area contributed by atoms with Gasteiger partial charge in [-0.15, -0.1) is 0 Å². The molecule has 0 saturated carbocycles. The highest BCUT2D eigenvalue weighted by Crippen LogP contribution is 2.28. The van der Waals surface area contributed by atoms with E-state index in [1.807, 2.05) is 0 Å². The predicted molar refractivity (Wildman–Crippen MR) is 83.2 cm³/mol. The molecule has 2 rings (SSSR count). The molecule has 0 radical (unpaired) electrons. The van der Waals surface area contributed by atoms with Gasteiger partial charge in [0.15, 0.2) is 0 Å². The van der Waals surface area contributed by atoms with E-state index in [2.05, 4.69) is 10.1 Å². The first-order valence-electron chi connectivity index (χ1n) is 6.11. The molecule has 0 amide bonds. The molecule has 21 heavy (non-hydrogen) atoms. The van der Waals surface area contributed by atoms with Crippen LogP contribution < -0.4 is 5.32 Å². The average Bonchev–Trinajstić information content (AvgIpc) is 2.47. The van der Waals surface area contributed by atoms with E-state index in [0.29, 0.717) is 26.9 Å². The van der Waals surface area contributed by atoms with Gasteiger partial charge in [0.2, 0.25) is 0 Å². The third-order valence-electron chi connectivity index (χ3n) is 2.94. The van der Waals surface area contributed by atoms with E-state index in [-0.39, 0.29) is 12.3 Å². The van der Waals surface area contributed by atoms with Crippen molar-refractivity contribution in [3.8, 4) is 5.75 Å². The van der Waals surface area contributed by atoms with Gasteiger partial charge in [0.25, 0.3) is 0 Å². The van der Waals surface area contributed by atoms with Crippen molar-refractivity contribution >= 4 is 34.9 Å². The SMILES string of the molecule is COC(=O)c1ccc(Cl)c(NCc2c(O)cccc2Cl)c1. The number of phenolic OH excluding ortho intramolecular Hbond substituents is 1. The molecule has 4 nitrogen and oxygen atoms in total. The van der Waals surface area contributed by atoms with Gasteiger partial charge in [-0.1, -0.05) is 29.3 Å². The number of aromatic hydroxyl groups is 1. The number of nitrogens with one attached hydrogen (secondary N) is 1. The van der Waals surface area contributed by atoms with E-state index < -0.39 is 5.97 Å². The zero-order valence-electron chi connectivity index (χ0n) is 11.2. The van der Waals surface area contributed by atoms with Crippen molar-refractivity contribution in [3.05, 3.63) is 57.6 Å². The summed E-state index contributed by atoms with van der Waals surface area (Å²) < 4.78 is 4.66. The Morgan fingerprint density at radius 1 is 1.24 bits per heavy atom. The lowest BCUT2D eigenvalue weighted by molar-refractivity contribution is 0.0601. The highest BCUT2D eigenvalue weighted by Gasteiger charge is 2.10. The Kier molecular flexibility index (Phi) is 4.94. The Morgan fingerprint density at radius 3 is 2.67 bits per heavy atom. The van der Waals surface area contributed by atoms with Gasteiger partial charge in [-0.3, -0.25) is 0 Å². The summed E-state index contributed by atoms with van der Waals surface area (Å²) in [5, 5.41) is 13.7. The average molecular weight is 326 g/mol. The molecular weight excluding hydrogens is 313 g/mol. The molecule has 0 unspecified atom stereocenters. The predicted octanol–water partition coefficient (Wildman–Crippen LogP) is 4.10. The second-order valence-corrected chi connectivity index (χ2v) is 5.09. The Balaban J connectivity index is 2.22. The molecule has 0 atom stereocenters. The third-order valence-corrected chi connectivity index (χ3v) is 3.62. The largest absolute Gasteiger partial charge is 0.508 e. The van der Waals surface area contributed by atoms with E-state index in [1.165, 1.54) is 7.11 Å². The van der Waals surface area contributed by atoms with Gasteiger partial charge in [0, 0.05) is 17.1 Å². The zero-order chi connectivity index (χ0) is 15.4. The number of carbonyl (C=O) groups is 1. The Labute approximate surface area is 132 Å². The van der Waals surface area contributed by atoms with Crippen LogP contribution in [0.1, 0.15) is 15.9 Å². The molecule has 0 fully saturated rings. The Hall–Kier alpha value is -1.91. The number of benzene rings is 2. The number of ether oxygens (including phenoxy) is 1.